The number of carbonyl (C=O) groups is 1. The molecule has 3 heterocycles. The lowest BCUT2D eigenvalue weighted by Gasteiger charge is -2.32. The average molecular weight is 405 g/mol. The average Bonchev–Trinajstić information content (AvgIpc) is 3.21. The number of carbonyl (C=O) groups excluding carboxylic acids is 1. The molecule has 0 unspecified atom stereocenters. The third kappa shape index (κ3) is 3.75. The van der Waals surface area contributed by atoms with Crippen molar-refractivity contribution in [3.05, 3.63) is 53.2 Å². The normalized spacial score (nSPS) is 16.0. The van der Waals surface area contributed by atoms with Crippen LogP contribution in [0.15, 0.2) is 34.7 Å². The summed E-state index contributed by atoms with van der Waals surface area (Å²) >= 11 is 0. The van der Waals surface area contributed by atoms with Crippen molar-refractivity contribution in [2.75, 3.05) is 13.1 Å². The summed E-state index contributed by atoms with van der Waals surface area (Å²) in [5.74, 6) is 0.384. The van der Waals surface area contributed by atoms with Gasteiger partial charge in [-0.1, -0.05) is 12.1 Å². The molecule has 0 spiro atoms. The van der Waals surface area contributed by atoms with Crippen molar-refractivity contribution in [1.82, 2.24) is 14.5 Å². The molecule has 0 saturated carbocycles. The summed E-state index contributed by atoms with van der Waals surface area (Å²) in [6.45, 7) is 4.82. The van der Waals surface area contributed by atoms with Gasteiger partial charge in [0.05, 0.1) is 16.6 Å². The topological polar surface area (TPSA) is 51.3 Å². The zero-order chi connectivity index (χ0) is 20.8. The van der Waals surface area contributed by atoms with Gasteiger partial charge in [-0.05, 0) is 50.8 Å². The van der Waals surface area contributed by atoms with Gasteiger partial charge in [0.2, 0.25) is 5.82 Å². The molecule has 0 atom stereocenters. The summed E-state index contributed by atoms with van der Waals surface area (Å²) in [5, 5.41) is 0. The van der Waals surface area contributed by atoms with E-state index >= 15 is 0 Å². The fraction of sp³-hybridized carbons (Fsp3) is 0.429. The first-order valence-electron chi connectivity index (χ1n) is 9.63. The molecule has 0 radical (unpaired) electrons. The molecule has 154 valence electrons. The number of rotatable bonds is 3. The number of fused-ring (bicyclic) bond motifs is 1. The summed E-state index contributed by atoms with van der Waals surface area (Å²) < 4.78 is 47.2. The van der Waals surface area contributed by atoms with E-state index in [4.69, 9.17) is 4.42 Å². The Morgan fingerprint density at radius 1 is 1.21 bits per heavy atom. The van der Waals surface area contributed by atoms with Crippen molar-refractivity contribution in [2.24, 2.45) is 5.92 Å². The van der Waals surface area contributed by atoms with Crippen LogP contribution in [0.1, 0.15) is 40.5 Å². The van der Waals surface area contributed by atoms with Crippen LogP contribution in [0.4, 0.5) is 13.2 Å². The van der Waals surface area contributed by atoms with E-state index in [0.717, 1.165) is 0 Å². The summed E-state index contributed by atoms with van der Waals surface area (Å²) in [5.41, 5.74) is 1.39. The zero-order valence-electron chi connectivity index (χ0n) is 16.3. The highest BCUT2D eigenvalue weighted by Gasteiger charge is 2.38. The van der Waals surface area contributed by atoms with Crippen molar-refractivity contribution in [1.29, 1.82) is 0 Å². The second-order valence-electron chi connectivity index (χ2n) is 7.59. The smallest absolute Gasteiger partial charge is 0.449 e. The van der Waals surface area contributed by atoms with E-state index in [1.165, 1.54) is 4.57 Å². The van der Waals surface area contributed by atoms with Crippen molar-refractivity contribution in [2.45, 2.75) is 39.4 Å². The molecular weight excluding hydrogens is 383 g/mol. The van der Waals surface area contributed by atoms with E-state index in [2.05, 4.69) is 4.98 Å². The highest BCUT2D eigenvalue weighted by atomic mass is 19.4. The molecule has 0 aliphatic carbocycles. The molecule has 1 aliphatic heterocycles. The lowest BCUT2D eigenvalue weighted by Crippen LogP contribution is -2.39. The number of piperidine rings is 1. The van der Waals surface area contributed by atoms with Crippen molar-refractivity contribution in [3.8, 4) is 0 Å². The predicted molar refractivity (Wildman–Crippen MR) is 102 cm³/mol. The Morgan fingerprint density at radius 3 is 2.52 bits per heavy atom. The molecular formula is C21H22F3N3O2. The van der Waals surface area contributed by atoms with Gasteiger partial charge >= 0.3 is 6.18 Å². The van der Waals surface area contributed by atoms with Crippen LogP contribution in [0, 0.1) is 19.8 Å². The van der Waals surface area contributed by atoms with E-state index in [1.807, 2.05) is 0 Å². The van der Waals surface area contributed by atoms with Gasteiger partial charge in [0, 0.05) is 19.6 Å². The minimum absolute atomic E-state index is 0.0462. The Balaban J connectivity index is 1.49. The van der Waals surface area contributed by atoms with Gasteiger partial charge in [0.1, 0.15) is 11.5 Å². The van der Waals surface area contributed by atoms with Gasteiger partial charge in [0.15, 0.2) is 0 Å². The fourth-order valence-electron chi connectivity index (χ4n) is 4.07. The summed E-state index contributed by atoms with van der Waals surface area (Å²) in [7, 11) is 0. The molecule has 29 heavy (non-hydrogen) atoms. The highest BCUT2D eigenvalue weighted by molar-refractivity contribution is 5.95. The number of aryl methyl sites for hydroxylation is 2. The first-order chi connectivity index (χ1) is 13.7. The summed E-state index contributed by atoms with van der Waals surface area (Å²) in [6, 6.07) is 8.40. The monoisotopic (exact) mass is 405 g/mol. The molecule has 1 amide bonds. The van der Waals surface area contributed by atoms with Crippen LogP contribution in [-0.4, -0.2) is 33.4 Å². The maximum atomic E-state index is 13.5. The number of halogens is 3. The molecule has 1 saturated heterocycles. The molecule has 8 heteroatoms. The number of alkyl halides is 3. The second kappa shape index (κ2) is 7.24. The van der Waals surface area contributed by atoms with Gasteiger partial charge in [0.25, 0.3) is 5.91 Å². The van der Waals surface area contributed by atoms with E-state index in [0.29, 0.717) is 54.0 Å². The Morgan fingerprint density at radius 2 is 1.90 bits per heavy atom. The number of aromatic nitrogens is 2. The Kier molecular flexibility index (Phi) is 4.88. The molecule has 1 fully saturated rings. The van der Waals surface area contributed by atoms with Crippen LogP contribution in [0.25, 0.3) is 11.0 Å². The number of nitrogens with zero attached hydrogens (tertiary/aromatic N) is 3. The Hall–Kier alpha value is -2.77. The number of para-hydroxylation sites is 2. The van der Waals surface area contributed by atoms with Gasteiger partial charge < -0.3 is 13.9 Å². The van der Waals surface area contributed by atoms with Crippen LogP contribution in [-0.2, 0) is 12.7 Å². The molecule has 4 rings (SSSR count). The number of likely N-dealkylation sites (tertiary alicyclic amines) is 1. The number of furan rings is 1. The van der Waals surface area contributed by atoms with Gasteiger partial charge in [-0.25, -0.2) is 4.98 Å². The molecule has 1 aromatic carbocycles. The molecule has 5 nitrogen and oxygen atoms in total. The number of imidazole rings is 1. The lowest BCUT2D eigenvalue weighted by molar-refractivity contribution is -0.147. The summed E-state index contributed by atoms with van der Waals surface area (Å²) in [6.07, 6.45) is -3.22. The number of hydrogen-bond donors (Lipinski definition) is 0. The largest absolute Gasteiger partial charge is 0.466 e. The maximum Gasteiger partial charge on any atom is 0.449 e. The minimum atomic E-state index is -4.51. The second-order valence-corrected chi connectivity index (χ2v) is 7.59. The van der Waals surface area contributed by atoms with Crippen LogP contribution in [0.3, 0.4) is 0 Å². The number of benzene rings is 1. The SMILES string of the molecule is Cc1cc(C(=O)N2CCC(Cn3c(C(F)(F)F)nc4ccccc43)CC2)c(C)o1. The van der Waals surface area contributed by atoms with Crippen molar-refractivity contribution < 1.29 is 22.4 Å². The number of amides is 1. The van der Waals surface area contributed by atoms with Crippen molar-refractivity contribution >= 4 is 16.9 Å². The van der Waals surface area contributed by atoms with E-state index < -0.39 is 12.0 Å². The Labute approximate surface area is 166 Å². The molecule has 2 aromatic heterocycles. The van der Waals surface area contributed by atoms with Crippen LogP contribution >= 0.6 is 0 Å². The molecule has 3 aromatic rings. The predicted octanol–water partition coefficient (Wildman–Crippen LogP) is 4.82. The summed E-state index contributed by atoms with van der Waals surface area (Å²) in [4.78, 5) is 18.3. The number of hydrogen-bond acceptors (Lipinski definition) is 3. The molecule has 0 N–H and O–H groups in total. The van der Waals surface area contributed by atoms with Gasteiger partial charge in [-0.2, -0.15) is 13.2 Å². The molecule has 0 bridgehead atoms. The van der Waals surface area contributed by atoms with E-state index in [1.54, 1.807) is 49.1 Å². The van der Waals surface area contributed by atoms with Crippen LogP contribution < -0.4 is 0 Å². The fourth-order valence-corrected chi connectivity index (χ4v) is 4.07. The van der Waals surface area contributed by atoms with E-state index in [9.17, 15) is 18.0 Å². The first-order valence-corrected chi connectivity index (χ1v) is 9.63. The zero-order valence-corrected chi connectivity index (χ0v) is 16.3. The van der Waals surface area contributed by atoms with Crippen molar-refractivity contribution in [3.63, 3.8) is 0 Å². The van der Waals surface area contributed by atoms with Crippen LogP contribution in [0.2, 0.25) is 0 Å². The van der Waals surface area contributed by atoms with Gasteiger partial charge in [-0.15, -0.1) is 0 Å². The minimum Gasteiger partial charge on any atom is -0.466 e. The van der Waals surface area contributed by atoms with Crippen LogP contribution in [0.5, 0.6) is 0 Å². The highest BCUT2D eigenvalue weighted by Crippen LogP contribution is 2.33. The standard InChI is InChI=1S/C21H22F3N3O2/c1-13-11-16(14(2)29-13)19(28)26-9-7-15(8-10-26)12-27-18-6-4-3-5-17(18)25-20(27)21(22,23)24/h3-6,11,15H,7-10,12H2,1-2H3. The third-order valence-electron chi connectivity index (χ3n) is 5.52. The van der Waals surface area contributed by atoms with Gasteiger partial charge in [-0.3, -0.25) is 4.79 Å². The maximum absolute atomic E-state index is 13.5. The molecule has 1 aliphatic rings. The Bertz CT molecular complexity index is 1040. The lowest BCUT2D eigenvalue weighted by atomic mass is 9.96. The quantitative estimate of drug-likeness (QED) is 0.628. The van der Waals surface area contributed by atoms with E-state index in [-0.39, 0.29) is 18.4 Å². The third-order valence-corrected chi connectivity index (χ3v) is 5.52. The first kappa shape index (κ1) is 19.5.